The van der Waals surface area contributed by atoms with Crippen LogP contribution in [0.1, 0.15) is 26.2 Å². The van der Waals surface area contributed by atoms with E-state index in [1.807, 2.05) is 0 Å². The Labute approximate surface area is 123 Å². The molecule has 5 nitrogen and oxygen atoms in total. The van der Waals surface area contributed by atoms with Gasteiger partial charge in [-0.05, 0) is 6.42 Å². The molecule has 0 saturated carbocycles. The molecule has 0 fully saturated rings. The fourth-order valence-corrected chi connectivity index (χ4v) is 0.362. The minimum atomic E-state index is -5.17. The van der Waals surface area contributed by atoms with E-state index in [0.29, 0.717) is 6.61 Å². The molecule has 0 aromatic carbocycles. The van der Waals surface area contributed by atoms with Crippen LogP contribution in [0.15, 0.2) is 0 Å². The van der Waals surface area contributed by atoms with Gasteiger partial charge in [0.15, 0.2) is 0 Å². The minimum Gasteiger partial charge on any atom is -0.759 e. The Kier molecular flexibility index (Phi) is 30.3. The molecule has 0 saturated heterocycles. The third-order valence-corrected chi connectivity index (χ3v) is 0.762. The molecule has 1 N–H and O–H groups in total. The molecule has 0 unspecified atom stereocenters. The SMILES string of the molecule is CCCCCO.O=S(=O)([O-])[O-].[Na+].[Na+]. The van der Waals surface area contributed by atoms with E-state index in [1.165, 1.54) is 6.42 Å². The van der Waals surface area contributed by atoms with E-state index in [-0.39, 0.29) is 59.1 Å². The second kappa shape index (κ2) is 16.3. The van der Waals surface area contributed by atoms with Crippen molar-refractivity contribution in [2.75, 3.05) is 6.61 Å². The monoisotopic (exact) mass is 230 g/mol. The zero-order valence-electron chi connectivity index (χ0n) is 8.32. The van der Waals surface area contributed by atoms with Gasteiger partial charge in [0.25, 0.3) is 0 Å². The molecule has 0 aliphatic rings. The number of hydrogen-bond donors (Lipinski definition) is 1. The predicted molar refractivity (Wildman–Crippen MR) is 37.1 cm³/mol. The van der Waals surface area contributed by atoms with Gasteiger partial charge in [-0.25, -0.2) is 0 Å². The van der Waals surface area contributed by atoms with Gasteiger partial charge in [-0.15, -0.1) is 0 Å². The summed E-state index contributed by atoms with van der Waals surface area (Å²) in [6.07, 6.45) is 3.33. The van der Waals surface area contributed by atoms with Gasteiger partial charge in [-0.1, -0.05) is 19.8 Å². The van der Waals surface area contributed by atoms with E-state index < -0.39 is 10.4 Å². The number of hydrogen-bond acceptors (Lipinski definition) is 5. The summed E-state index contributed by atoms with van der Waals surface area (Å²) in [5.41, 5.74) is 0. The molecule has 0 radical (unpaired) electrons. The van der Waals surface area contributed by atoms with E-state index in [0.717, 1.165) is 12.8 Å². The molecule has 0 aliphatic carbocycles. The minimum absolute atomic E-state index is 0. The van der Waals surface area contributed by atoms with Crippen molar-refractivity contribution in [1.29, 1.82) is 0 Å². The molecular formula is C5H12Na2O5S. The average molecular weight is 230 g/mol. The summed E-state index contributed by atoms with van der Waals surface area (Å²) in [6, 6.07) is 0. The third kappa shape index (κ3) is 83.0. The van der Waals surface area contributed by atoms with Gasteiger partial charge in [-0.3, -0.25) is 8.42 Å². The first-order chi connectivity index (χ1) is 4.91. The summed E-state index contributed by atoms with van der Waals surface area (Å²) in [5.74, 6) is 0. The molecule has 0 aromatic heterocycles. The largest absolute Gasteiger partial charge is 1.00 e. The fraction of sp³-hybridized carbons (Fsp3) is 1.00. The Morgan fingerprint density at radius 1 is 1.15 bits per heavy atom. The maximum atomic E-state index is 8.52. The summed E-state index contributed by atoms with van der Waals surface area (Å²) in [4.78, 5) is 0. The normalized spacial score (nSPS) is 8.62. The molecule has 13 heavy (non-hydrogen) atoms. The molecule has 0 heterocycles. The molecule has 0 aromatic rings. The second-order valence-electron chi connectivity index (χ2n) is 1.84. The predicted octanol–water partition coefficient (Wildman–Crippen LogP) is -6.16. The first-order valence-corrected chi connectivity index (χ1v) is 4.52. The quantitative estimate of drug-likeness (QED) is 0.225. The van der Waals surface area contributed by atoms with Crippen molar-refractivity contribution in [1.82, 2.24) is 0 Å². The van der Waals surface area contributed by atoms with Crippen LogP contribution in [0.4, 0.5) is 0 Å². The summed E-state index contributed by atoms with van der Waals surface area (Å²) in [7, 11) is -5.17. The molecular weight excluding hydrogens is 218 g/mol. The van der Waals surface area contributed by atoms with Crippen LogP contribution in [0.25, 0.3) is 0 Å². The van der Waals surface area contributed by atoms with Crippen LogP contribution in [0, 0.1) is 0 Å². The van der Waals surface area contributed by atoms with Gasteiger partial charge < -0.3 is 14.2 Å². The Balaban J connectivity index is -0.0000000546. The second-order valence-corrected chi connectivity index (χ2v) is 2.66. The van der Waals surface area contributed by atoms with Gasteiger partial charge in [-0.2, -0.15) is 0 Å². The molecule has 0 amide bonds. The van der Waals surface area contributed by atoms with Crippen molar-refractivity contribution in [3.8, 4) is 0 Å². The number of aliphatic hydroxyl groups excluding tert-OH is 1. The fourth-order valence-electron chi connectivity index (χ4n) is 0.362. The van der Waals surface area contributed by atoms with Crippen LogP contribution in [0.5, 0.6) is 0 Å². The van der Waals surface area contributed by atoms with Crippen molar-refractivity contribution in [3.05, 3.63) is 0 Å². The summed E-state index contributed by atoms with van der Waals surface area (Å²) in [6.45, 7) is 2.48. The number of unbranched alkanes of at least 4 members (excludes halogenated alkanes) is 2. The summed E-state index contributed by atoms with van der Waals surface area (Å²) >= 11 is 0. The van der Waals surface area contributed by atoms with Crippen molar-refractivity contribution >= 4 is 10.4 Å². The molecule has 0 aliphatic heterocycles. The molecule has 70 valence electrons. The van der Waals surface area contributed by atoms with Gasteiger partial charge >= 0.3 is 59.1 Å². The Morgan fingerprint density at radius 2 is 1.46 bits per heavy atom. The van der Waals surface area contributed by atoms with Gasteiger partial charge in [0.05, 0.1) is 0 Å². The molecule has 8 heteroatoms. The van der Waals surface area contributed by atoms with Crippen LogP contribution < -0.4 is 59.1 Å². The van der Waals surface area contributed by atoms with Crippen molar-refractivity contribution in [2.24, 2.45) is 0 Å². The zero-order chi connectivity index (χ0) is 9.33. The van der Waals surface area contributed by atoms with E-state index in [9.17, 15) is 0 Å². The van der Waals surface area contributed by atoms with Gasteiger partial charge in [0.2, 0.25) is 0 Å². The van der Waals surface area contributed by atoms with E-state index >= 15 is 0 Å². The molecule has 0 rings (SSSR count). The van der Waals surface area contributed by atoms with E-state index in [4.69, 9.17) is 22.6 Å². The maximum absolute atomic E-state index is 8.52. The van der Waals surface area contributed by atoms with Crippen LogP contribution in [0.3, 0.4) is 0 Å². The maximum Gasteiger partial charge on any atom is 1.00 e. The third-order valence-electron chi connectivity index (χ3n) is 0.762. The molecule has 0 bridgehead atoms. The van der Waals surface area contributed by atoms with Crippen LogP contribution in [-0.4, -0.2) is 29.2 Å². The smallest absolute Gasteiger partial charge is 0.759 e. The van der Waals surface area contributed by atoms with Crippen molar-refractivity contribution in [3.63, 3.8) is 0 Å². The van der Waals surface area contributed by atoms with Crippen molar-refractivity contribution < 1.29 is 81.7 Å². The molecule has 0 spiro atoms. The Morgan fingerprint density at radius 3 is 1.54 bits per heavy atom. The summed E-state index contributed by atoms with van der Waals surface area (Å²) in [5, 5.41) is 8.20. The van der Waals surface area contributed by atoms with Crippen LogP contribution in [-0.2, 0) is 10.4 Å². The Bertz CT molecular complexity index is 146. The zero-order valence-corrected chi connectivity index (χ0v) is 13.1. The number of rotatable bonds is 3. The number of aliphatic hydroxyl groups is 1. The topological polar surface area (TPSA) is 100 Å². The first kappa shape index (κ1) is 24.2. The van der Waals surface area contributed by atoms with Crippen molar-refractivity contribution in [2.45, 2.75) is 26.2 Å². The first-order valence-electron chi connectivity index (χ1n) is 3.19. The molecule has 0 atom stereocenters. The van der Waals surface area contributed by atoms with Gasteiger partial charge in [0.1, 0.15) is 0 Å². The summed E-state index contributed by atoms with van der Waals surface area (Å²) < 4.78 is 34.1. The standard InChI is InChI=1S/C5H12O.2Na.H2O4S/c1-2-3-4-5-6;;;1-5(2,3)4/h6H,2-5H2,1H3;;;(H2,1,2,3,4)/q;2*+1;/p-2. The van der Waals surface area contributed by atoms with Crippen LogP contribution in [0.2, 0.25) is 0 Å². The Hall–Kier alpha value is 1.83. The van der Waals surface area contributed by atoms with Gasteiger partial charge in [0, 0.05) is 17.0 Å². The van der Waals surface area contributed by atoms with Crippen LogP contribution >= 0.6 is 0 Å². The van der Waals surface area contributed by atoms with E-state index in [2.05, 4.69) is 6.92 Å². The average Bonchev–Trinajstić information content (AvgIpc) is 1.79. The van der Waals surface area contributed by atoms with E-state index in [1.54, 1.807) is 0 Å².